The number of hydrogen-bond donors (Lipinski definition) is 3. The molecule has 3 heterocycles. The van der Waals surface area contributed by atoms with Crippen LogP contribution in [0.1, 0.15) is 29.7 Å². The number of urea groups is 1. The number of aryl methyl sites for hydroxylation is 1. The van der Waals surface area contributed by atoms with E-state index in [1.807, 2.05) is 6.08 Å². The minimum atomic E-state index is -4.49. The van der Waals surface area contributed by atoms with Crippen LogP contribution in [0.3, 0.4) is 0 Å². The van der Waals surface area contributed by atoms with Gasteiger partial charge >= 0.3 is 12.2 Å². The monoisotopic (exact) mass is 470 g/mol. The maximum atomic E-state index is 12.6. The number of nitrogens with one attached hydrogen (secondary N) is 1. The van der Waals surface area contributed by atoms with Gasteiger partial charge in [0.1, 0.15) is 5.82 Å². The van der Waals surface area contributed by atoms with Gasteiger partial charge in [-0.05, 0) is 48.6 Å². The summed E-state index contributed by atoms with van der Waals surface area (Å²) in [6.07, 6.45) is 0.318. The summed E-state index contributed by atoms with van der Waals surface area (Å²) in [7, 11) is 0. The van der Waals surface area contributed by atoms with Crippen molar-refractivity contribution in [1.29, 1.82) is 0 Å². The number of aliphatic hydroxyl groups is 2. The standard InChI is InChI=1S/C21H22ClF3N4O3/c22-17-9-13(1-3-16(31)12-30)10-27-19(17)14-5-7-29(8-6-14)20(32)28-18-4-2-15(11-26-18)21(23,24)25/h2,4-5,9-11,16,30-31H,1,3,6-8,12H2,(H,26,28,32)/t16-/m0/s1. The fourth-order valence-corrected chi connectivity index (χ4v) is 3.48. The molecule has 7 nitrogen and oxygen atoms in total. The molecule has 0 aliphatic carbocycles. The van der Waals surface area contributed by atoms with Crippen molar-refractivity contribution in [3.05, 3.63) is 58.5 Å². The molecule has 0 saturated carbocycles. The van der Waals surface area contributed by atoms with Crippen LogP contribution in [-0.2, 0) is 12.6 Å². The minimum Gasteiger partial charge on any atom is -0.394 e. The van der Waals surface area contributed by atoms with Crippen LogP contribution in [0.5, 0.6) is 0 Å². The lowest BCUT2D eigenvalue weighted by Gasteiger charge is -2.26. The molecule has 0 spiro atoms. The first kappa shape index (κ1) is 24.0. The molecule has 2 aromatic rings. The second-order valence-electron chi connectivity index (χ2n) is 7.33. The molecule has 2 aromatic heterocycles. The van der Waals surface area contributed by atoms with Crippen LogP contribution in [0.4, 0.5) is 23.8 Å². The summed E-state index contributed by atoms with van der Waals surface area (Å²) in [5.41, 5.74) is 1.45. The van der Waals surface area contributed by atoms with E-state index in [4.69, 9.17) is 16.7 Å². The molecule has 2 amide bonds. The number of aliphatic hydroxyl groups excluding tert-OH is 2. The van der Waals surface area contributed by atoms with Crippen LogP contribution < -0.4 is 5.32 Å². The molecule has 0 aromatic carbocycles. The summed E-state index contributed by atoms with van der Waals surface area (Å²) >= 11 is 6.37. The minimum absolute atomic E-state index is 0.0318. The third-order valence-electron chi connectivity index (χ3n) is 5.00. The fraction of sp³-hybridized carbons (Fsp3) is 0.381. The highest BCUT2D eigenvalue weighted by atomic mass is 35.5. The number of alkyl halides is 3. The van der Waals surface area contributed by atoms with E-state index in [-0.39, 0.29) is 19.0 Å². The molecule has 0 unspecified atom stereocenters. The second kappa shape index (κ2) is 10.3. The lowest BCUT2D eigenvalue weighted by molar-refractivity contribution is -0.137. The van der Waals surface area contributed by atoms with E-state index in [1.54, 1.807) is 12.3 Å². The predicted molar refractivity (Wildman–Crippen MR) is 113 cm³/mol. The van der Waals surface area contributed by atoms with Gasteiger partial charge in [-0.25, -0.2) is 9.78 Å². The van der Waals surface area contributed by atoms with Crippen LogP contribution in [0.2, 0.25) is 5.02 Å². The van der Waals surface area contributed by atoms with E-state index >= 15 is 0 Å². The fourth-order valence-electron chi connectivity index (χ4n) is 3.17. The molecule has 0 fully saturated rings. The Bertz CT molecular complexity index is 983. The van der Waals surface area contributed by atoms with E-state index in [0.717, 1.165) is 23.3 Å². The first-order chi connectivity index (χ1) is 15.2. The molecular formula is C21H22ClF3N4O3. The summed E-state index contributed by atoms with van der Waals surface area (Å²) in [5, 5.41) is 21.3. The Hall–Kier alpha value is -2.69. The lowest BCUT2D eigenvalue weighted by Crippen LogP contribution is -2.38. The van der Waals surface area contributed by atoms with Crippen molar-refractivity contribution < 1.29 is 28.2 Å². The SMILES string of the molecule is O=C(Nc1ccc(C(F)(F)F)cn1)N1CC=C(c2ncc(CC[C@H](O)CO)cc2Cl)CC1. The number of anilines is 1. The van der Waals surface area contributed by atoms with Gasteiger partial charge in [-0.3, -0.25) is 10.3 Å². The maximum Gasteiger partial charge on any atom is 0.417 e. The van der Waals surface area contributed by atoms with Crippen LogP contribution >= 0.6 is 11.6 Å². The second-order valence-corrected chi connectivity index (χ2v) is 7.74. The normalized spacial score (nSPS) is 15.3. The molecule has 1 atom stereocenters. The zero-order chi connectivity index (χ0) is 23.3. The topological polar surface area (TPSA) is 98.6 Å². The van der Waals surface area contributed by atoms with Crippen LogP contribution in [0.25, 0.3) is 5.57 Å². The van der Waals surface area contributed by atoms with Crippen molar-refractivity contribution in [3.63, 3.8) is 0 Å². The number of pyridine rings is 2. The molecule has 11 heteroatoms. The summed E-state index contributed by atoms with van der Waals surface area (Å²) < 4.78 is 37.8. The van der Waals surface area contributed by atoms with E-state index in [0.29, 0.717) is 42.7 Å². The average Bonchev–Trinajstić information content (AvgIpc) is 2.77. The summed E-state index contributed by atoms with van der Waals surface area (Å²) in [6.45, 7) is 0.357. The van der Waals surface area contributed by atoms with Crippen molar-refractivity contribution >= 4 is 29.0 Å². The first-order valence-corrected chi connectivity index (χ1v) is 10.3. The van der Waals surface area contributed by atoms with Gasteiger partial charge in [-0.15, -0.1) is 0 Å². The molecule has 0 saturated heterocycles. The van der Waals surface area contributed by atoms with Crippen molar-refractivity contribution in [3.8, 4) is 0 Å². The van der Waals surface area contributed by atoms with Gasteiger partial charge in [0, 0.05) is 25.5 Å². The predicted octanol–water partition coefficient (Wildman–Crippen LogP) is 3.76. The summed E-state index contributed by atoms with van der Waals surface area (Å²) in [6, 6.07) is 3.27. The van der Waals surface area contributed by atoms with E-state index in [9.17, 15) is 23.1 Å². The number of rotatable bonds is 6. The van der Waals surface area contributed by atoms with Gasteiger partial charge in [0.2, 0.25) is 0 Å². The number of hydrogen-bond acceptors (Lipinski definition) is 5. The van der Waals surface area contributed by atoms with Crippen LogP contribution in [0.15, 0.2) is 36.7 Å². The molecule has 0 radical (unpaired) electrons. The Balaban J connectivity index is 1.58. The quantitative estimate of drug-likeness (QED) is 0.597. The van der Waals surface area contributed by atoms with Gasteiger partial charge in [-0.1, -0.05) is 17.7 Å². The Morgan fingerprint density at radius 2 is 2.06 bits per heavy atom. The highest BCUT2D eigenvalue weighted by Crippen LogP contribution is 2.30. The largest absolute Gasteiger partial charge is 0.417 e. The average molecular weight is 471 g/mol. The van der Waals surface area contributed by atoms with E-state index < -0.39 is 23.9 Å². The smallest absolute Gasteiger partial charge is 0.394 e. The molecule has 32 heavy (non-hydrogen) atoms. The van der Waals surface area contributed by atoms with Crippen molar-refractivity contribution in [1.82, 2.24) is 14.9 Å². The summed E-state index contributed by atoms with van der Waals surface area (Å²) in [5.74, 6) is 0.0318. The van der Waals surface area contributed by atoms with Crippen LogP contribution in [-0.4, -0.2) is 56.9 Å². The number of halogens is 4. The molecule has 3 rings (SSSR count). The molecule has 172 valence electrons. The van der Waals surface area contributed by atoms with Crippen LogP contribution in [0, 0.1) is 0 Å². The third-order valence-corrected chi connectivity index (χ3v) is 5.29. The van der Waals surface area contributed by atoms with E-state index in [1.165, 1.54) is 4.90 Å². The highest BCUT2D eigenvalue weighted by molar-refractivity contribution is 6.32. The number of amides is 2. The van der Waals surface area contributed by atoms with Gasteiger partial charge in [0.05, 0.1) is 29.0 Å². The Kier molecular flexibility index (Phi) is 7.70. The zero-order valence-corrected chi connectivity index (χ0v) is 17.7. The van der Waals surface area contributed by atoms with Gasteiger partial charge in [0.25, 0.3) is 0 Å². The number of carbonyl (C=O) groups is 1. The molecule has 1 aliphatic heterocycles. The molecular weight excluding hydrogens is 449 g/mol. The van der Waals surface area contributed by atoms with E-state index in [2.05, 4.69) is 15.3 Å². The van der Waals surface area contributed by atoms with Gasteiger partial charge in [0.15, 0.2) is 0 Å². The van der Waals surface area contributed by atoms with Crippen molar-refractivity contribution in [2.75, 3.05) is 25.0 Å². The highest BCUT2D eigenvalue weighted by Gasteiger charge is 2.30. The molecule has 3 N–H and O–H groups in total. The van der Waals surface area contributed by atoms with Gasteiger partial charge < -0.3 is 15.1 Å². The maximum absolute atomic E-state index is 12.6. The Morgan fingerprint density at radius 1 is 1.28 bits per heavy atom. The number of nitrogens with zero attached hydrogens (tertiary/aromatic N) is 3. The lowest BCUT2D eigenvalue weighted by atomic mass is 10.0. The van der Waals surface area contributed by atoms with Gasteiger partial charge in [-0.2, -0.15) is 13.2 Å². The Labute approximate surface area is 187 Å². The van der Waals surface area contributed by atoms with Crippen molar-refractivity contribution in [2.24, 2.45) is 0 Å². The number of carbonyl (C=O) groups excluding carboxylic acids is 1. The van der Waals surface area contributed by atoms with Crippen molar-refractivity contribution in [2.45, 2.75) is 31.5 Å². The zero-order valence-electron chi connectivity index (χ0n) is 16.9. The number of aromatic nitrogens is 2. The molecule has 0 bridgehead atoms. The summed E-state index contributed by atoms with van der Waals surface area (Å²) in [4.78, 5) is 21.9. The third kappa shape index (κ3) is 6.18. The first-order valence-electron chi connectivity index (χ1n) is 9.89. The Morgan fingerprint density at radius 3 is 2.62 bits per heavy atom. The molecule has 1 aliphatic rings.